The number of aromatic nitrogens is 4. The SMILES string of the molecule is O=C(Cn1ncn2nc(-c3ccccc3)cc2c1=O)NC1CCCCCC1. The zero-order chi connectivity index (χ0) is 18.6. The molecule has 2 heterocycles. The van der Waals surface area contributed by atoms with Crippen LogP contribution in [0.3, 0.4) is 0 Å². The molecule has 1 aromatic carbocycles. The first-order valence-electron chi connectivity index (χ1n) is 9.51. The molecular formula is C20H23N5O2. The molecule has 3 aromatic rings. The average molecular weight is 365 g/mol. The van der Waals surface area contributed by atoms with E-state index in [1.54, 1.807) is 6.07 Å². The molecule has 0 bridgehead atoms. The Hall–Kier alpha value is -2.96. The molecule has 7 nitrogen and oxygen atoms in total. The summed E-state index contributed by atoms with van der Waals surface area (Å²) >= 11 is 0. The Labute approximate surface area is 157 Å². The number of nitrogens with one attached hydrogen (secondary N) is 1. The van der Waals surface area contributed by atoms with E-state index in [0.717, 1.165) is 31.2 Å². The molecule has 2 aromatic heterocycles. The summed E-state index contributed by atoms with van der Waals surface area (Å²) in [4.78, 5) is 25.1. The zero-order valence-corrected chi connectivity index (χ0v) is 15.2. The first kappa shape index (κ1) is 17.5. The van der Waals surface area contributed by atoms with Crippen LogP contribution in [0.4, 0.5) is 0 Å². The number of benzene rings is 1. The Kier molecular flexibility index (Phi) is 5.00. The van der Waals surface area contributed by atoms with Crippen LogP contribution in [-0.4, -0.2) is 31.3 Å². The van der Waals surface area contributed by atoms with Crippen molar-refractivity contribution in [2.24, 2.45) is 0 Å². The quantitative estimate of drug-likeness (QED) is 0.720. The number of hydrogen-bond acceptors (Lipinski definition) is 4. The van der Waals surface area contributed by atoms with Gasteiger partial charge in [-0.1, -0.05) is 56.0 Å². The van der Waals surface area contributed by atoms with Gasteiger partial charge in [-0.2, -0.15) is 10.2 Å². The van der Waals surface area contributed by atoms with Crippen molar-refractivity contribution >= 4 is 11.4 Å². The van der Waals surface area contributed by atoms with E-state index in [4.69, 9.17) is 0 Å². The van der Waals surface area contributed by atoms with Crippen molar-refractivity contribution < 1.29 is 4.79 Å². The third kappa shape index (κ3) is 3.92. The van der Waals surface area contributed by atoms with Gasteiger partial charge in [0.2, 0.25) is 5.91 Å². The fraction of sp³-hybridized carbons (Fsp3) is 0.400. The predicted molar refractivity (Wildman–Crippen MR) is 102 cm³/mol. The topological polar surface area (TPSA) is 81.3 Å². The number of rotatable bonds is 4. The Morgan fingerprint density at radius 3 is 2.59 bits per heavy atom. The van der Waals surface area contributed by atoms with Crippen molar-refractivity contribution in [3.63, 3.8) is 0 Å². The molecule has 1 fully saturated rings. The Balaban J connectivity index is 1.53. The van der Waals surface area contributed by atoms with Crippen LogP contribution in [-0.2, 0) is 11.3 Å². The minimum atomic E-state index is -0.316. The van der Waals surface area contributed by atoms with Crippen molar-refractivity contribution in [3.8, 4) is 11.3 Å². The van der Waals surface area contributed by atoms with E-state index >= 15 is 0 Å². The number of hydrogen-bond donors (Lipinski definition) is 1. The van der Waals surface area contributed by atoms with Gasteiger partial charge in [0.25, 0.3) is 5.56 Å². The molecule has 0 atom stereocenters. The number of amides is 1. The maximum absolute atomic E-state index is 12.7. The van der Waals surface area contributed by atoms with Crippen LogP contribution in [0.15, 0.2) is 47.5 Å². The third-order valence-corrected chi connectivity index (χ3v) is 5.07. The fourth-order valence-electron chi connectivity index (χ4n) is 3.63. The highest BCUT2D eigenvalue weighted by Gasteiger charge is 2.16. The van der Waals surface area contributed by atoms with E-state index < -0.39 is 0 Å². The lowest BCUT2D eigenvalue weighted by atomic mass is 10.1. The molecule has 1 amide bonds. The van der Waals surface area contributed by atoms with E-state index in [2.05, 4.69) is 15.5 Å². The molecule has 4 rings (SSSR count). The molecule has 27 heavy (non-hydrogen) atoms. The van der Waals surface area contributed by atoms with Crippen LogP contribution in [0.1, 0.15) is 38.5 Å². The molecule has 0 aliphatic heterocycles. The van der Waals surface area contributed by atoms with Crippen LogP contribution in [0.2, 0.25) is 0 Å². The second-order valence-corrected chi connectivity index (χ2v) is 7.08. The van der Waals surface area contributed by atoms with Crippen LogP contribution in [0.25, 0.3) is 16.8 Å². The van der Waals surface area contributed by atoms with Gasteiger partial charge in [-0.15, -0.1) is 0 Å². The summed E-state index contributed by atoms with van der Waals surface area (Å²) in [5.74, 6) is -0.163. The van der Waals surface area contributed by atoms with Crippen molar-refractivity contribution in [1.82, 2.24) is 24.7 Å². The Bertz CT molecular complexity index is 985. The van der Waals surface area contributed by atoms with Crippen LogP contribution >= 0.6 is 0 Å². The van der Waals surface area contributed by atoms with E-state index in [0.29, 0.717) is 11.2 Å². The van der Waals surface area contributed by atoms with Crippen LogP contribution < -0.4 is 10.9 Å². The largest absolute Gasteiger partial charge is 0.352 e. The monoisotopic (exact) mass is 365 g/mol. The van der Waals surface area contributed by atoms with Gasteiger partial charge < -0.3 is 5.32 Å². The van der Waals surface area contributed by atoms with E-state index in [1.165, 1.54) is 28.4 Å². The molecule has 0 unspecified atom stereocenters. The molecular weight excluding hydrogens is 342 g/mol. The molecule has 0 radical (unpaired) electrons. The molecule has 0 spiro atoms. The fourth-order valence-corrected chi connectivity index (χ4v) is 3.63. The zero-order valence-electron chi connectivity index (χ0n) is 15.2. The first-order chi connectivity index (χ1) is 13.2. The van der Waals surface area contributed by atoms with E-state index in [1.807, 2.05) is 30.3 Å². The Morgan fingerprint density at radius 2 is 1.85 bits per heavy atom. The third-order valence-electron chi connectivity index (χ3n) is 5.07. The molecule has 1 aliphatic rings. The van der Waals surface area contributed by atoms with Crippen LogP contribution in [0.5, 0.6) is 0 Å². The van der Waals surface area contributed by atoms with Crippen molar-refractivity contribution in [3.05, 3.63) is 53.1 Å². The highest BCUT2D eigenvalue weighted by molar-refractivity contribution is 5.76. The summed E-state index contributed by atoms with van der Waals surface area (Å²) in [6.07, 6.45) is 8.25. The molecule has 1 saturated carbocycles. The minimum Gasteiger partial charge on any atom is -0.352 e. The minimum absolute atomic E-state index is 0.0717. The van der Waals surface area contributed by atoms with Gasteiger partial charge in [0.05, 0.1) is 5.69 Å². The van der Waals surface area contributed by atoms with Gasteiger partial charge in [0.1, 0.15) is 18.4 Å². The lowest BCUT2D eigenvalue weighted by Gasteiger charge is -2.16. The highest BCUT2D eigenvalue weighted by atomic mass is 16.2. The second-order valence-electron chi connectivity index (χ2n) is 7.08. The summed E-state index contributed by atoms with van der Waals surface area (Å²) in [7, 11) is 0. The second kappa shape index (κ2) is 7.73. The van der Waals surface area contributed by atoms with Gasteiger partial charge in [-0.05, 0) is 18.9 Å². The van der Waals surface area contributed by atoms with E-state index in [-0.39, 0.29) is 24.1 Å². The van der Waals surface area contributed by atoms with Crippen molar-refractivity contribution in [2.75, 3.05) is 0 Å². The van der Waals surface area contributed by atoms with Gasteiger partial charge >= 0.3 is 0 Å². The van der Waals surface area contributed by atoms with E-state index in [9.17, 15) is 9.59 Å². The number of carbonyl (C=O) groups excluding carboxylic acids is 1. The maximum Gasteiger partial charge on any atom is 0.293 e. The predicted octanol–water partition coefficient (Wildman–Crippen LogP) is 2.40. The molecule has 1 aliphatic carbocycles. The van der Waals surface area contributed by atoms with Gasteiger partial charge in [-0.3, -0.25) is 9.59 Å². The normalized spacial score (nSPS) is 15.6. The number of nitrogens with zero attached hydrogens (tertiary/aromatic N) is 4. The molecule has 7 heteroatoms. The lowest BCUT2D eigenvalue weighted by Crippen LogP contribution is -2.39. The van der Waals surface area contributed by atoms with Gasteiger partial charge in [0.15, 0.2) is 0 Å². The summed E-state index contributed by atoms with van der Waals surface area (Å²) in [6, 6.07) is 11.6. The van der Waals surface area contributed by atoms with Crippen LogP contribution in [0, 0.1) is 0 Å². The van der Waals surface area contributed by atoms with Gasteiger partial charge in [0, 0.05) is 11.6 Å². The summed E-state index contributed by atoms with van der Waals surface area (Å²) in [5, 5.41) is 11.6. The molecule has 140 valence electrons. The maximum atomic E-state index is 12.7. The Morgan fingerprint density at radius 1 is 1.11 bits per heavy atom. The molecule has 1 N–H and O–H groups in total. The average Bonchev–Trinajstić information content (AvgIpc) is 2.96. The van der Waals surface area contributed by atoms with Crippen molar-refractivity contribution in [2.45, 2.75) is 51.1 Å². The lowest BCUT2D eigenvalue weighted by molar-refractivity contribution is -0.122. The number of carbonyl (C=O) groups is 1. The summed E-state index contributed by atoms with van der Waals surface area (Å²) in [6.45, 7) is -0.0717. The standard InChI is InChI=1S/C20H23N5O2/c26-19(22-16-10-6-1-2-7-11-16)13-24-20(27)18-12-17(23-25(18)14-21-24)15-8-4-3-5-9-15/h3-5,8-9,12,14,16H,1-2,6-7,10-11,13H2,(H,22,26). The van der Waals surface area contributed by atoms with Gasteiger partial charge in [-0.25, -0.2) is 9.20 Å². The molecule has 0 saturated heterocycles. The highest BCUT2D eigenvalue weighted by Crippen LogP contribution is 2.18. The number of fused-ring (bicyclic) bond motifs is 1. The van der Waals surface area contributed by atoms with Crippen molar-refractivity contribution in [1.29, 1.82) is 0 Å². The summed E-state index contributed by atoms with van der Waals surface area (Å²) < 4.78 is 2.67. The first-order valence-corrected chi connectivity index (χ1v) is 9.51. The smallest absolute Gasteiger partial charge is 0.293 e. The summed E-state index contributed by atoms with van der Waals surface area (Å²) in [5.41, 5.74) is 1.72.